The van der Waals surface area contributed by atoms with Crippen molar-refractivity contribution in [2.45, 2.75) is 166 Å². The molecular formula is C38H65NO8. The highest BCUT2D eigenvalue weighted by Crippen LogP contribution is 2.22. The molecule has 6 N–H and O–H groups in total. The van der Waals surface area contributed by atoms with Gasteiger partial charge in [-0.2, -0.15) is 0 Å². The molecule has 1 aromatic rings. The summed E-state index contributed by atoms with van der Waals surface area (Å²) in [5, 5.41) is 54.8. The van der Waals surface area contributed by atoms with Gasteiger partial charge in [0.25, 0.3) is 0 Å². The number of amides is 1. The fourth-order valence-electron chi connectivity index (χ4n) is 6.14. The Hall–Kier alpha value is -2.01. The highest BCUT2D eigenvalue weighted by Gasteiger charge is 2.35. The predicted octanol–water partition coefficient (Wildman–Crippen LogP) is 6.26. The molecule has 7 atom stereocenters. The summed E-state index contributed by atoms with van der Waals surface area (Å²) in [6.07, 6.45) is 14.4. The van der Waals surface area contributed by atoms with E-state index in [9.17, 15) is 30.3 Å². The molecule has 9 nitrogen and oxygen atoms in total. The quantitative estimate of drug-likeness (QED) is 0.0605. The van der Waals surface area contributed by atoms with E-state index in [-0.39, 0.29) is 30.6 Å². The highest BCUT2D eigenvalue weighted by atomic mass is 16.7. The van der Waals surface area contributed by atoms with Crippen LogP contribution in [0.2, 0.25) is 0 Å². The van der Waals surface area contributed by atoms with Gasteiger partial charge < -0.3 is 40.3 Å². The van der Waals surface area contributed by atoms with E-state index in [4.69, 9.17) is 9.47 Å². The van der Waals surface area contributed by atoms with Crippen molar-refractivity contribution < 1.29 is 39.8 Å². The average Bonchev–Trinajstić information content (AvgIpc) is 3.07. The lowest BCUT2D eigenvalue weighted by Gasteiger charge is -2.34. The van der Waals surface area contributed by atoms with Gasteiger partial charge in [-0.05, 0) is 43.2 Å². The van der Waals surface area contributed by atoms with Crippen LogP contribution in [0.15, 0.2) is 42.2 Å². The van der Waals surface area contributed by atoms with E-state index in [0.29, 0.717) is 6.42 Å². The number of carbonyl (C=O) groups excluding carboxylic acids is 1. The van der Waals surface area contributed by atoms with Gasteiger partial charge in [0, 0.05) is 6.42 Å². The van der Waals surface area contributed by atoms with Gasteiger partial charge in [-0.25, -0.2) is 0 Å². The third-order valence-corrected chi connectivity index (χ3v) is 9.27. The minimum atomic E-state index is -1.30. The fourth-order valence-corrected chi connectivity index (χ4v) is 6.14. The molecule has 1 amide bonds. The Morgan fingerprint density at radius 1 is 0.872 bits per heavy atom. The monoisotopic (exact) mass is 663 g/mol. The molecular weight excluding hydrogens is 598 g/mol. The summed E-state index contributed by atoms with van der Waals surface area (Å²) in [5.41, 5.74) is 1.34. The molecule has 0 aliphatic carbocycles. The van der Waals surface area contributed by atoms with Crippen LogP contribution in [0.1, 0.15) is 129 Å². The number of nitrogens with one attached hydrogen (secondary N) is 1. The molecule has 0 bridgehead atoms. The molecule has 1 heterocycles. The molecule has 4 unspecified atom stereocenters. The average molecular weight is 664 g/mol. The van der Waals surface area contributed by atoms with Crippen molar-refractivity contribution in [3.8, 4) is 0 Å². The van der Waals surface area contributed by atoms with E-state index in [2.05, 4.69) is 36.5 Å². The summed E-state index contributed by atoms with van der Waals surface area (Å²) in [6, 6.07) is 9.47. The first-order valence-electron chi connectivity index (χ1n) is 18.4. The molecule has 0 radical (unpaired) electrons. The number of aryl methyl sites for hydroxylation is 1. The Labute approximate surface area is 283 Å². The third kappa shape index (κ3) is 17.3. The van der Waals surface area contributed by atoms with Crippen molar-refractivity contribution in [1.29, 1.82) is 0 Å². The maximum Gasteiger partial charge on any atom is 0.220 e. The lowest BCUT2D eigenvalue weighted by atomic mass is 9.90. The van der Waals surface area contributed by atoms with E-state index in [1.54, 1.807) is 0 Å². The maximum absolute atomic E-state index is 12.9. The number of aliphatic hydroxyl groups excluding tert-OH is 5. The summed E-state index contributed by atoms with van der Waals surface area (Å²) in [4.78, 5) is 12.9. The molecule has 0 saturated heterocycles. The zero-order valence-electron chi connectivity index (χ0n) is 29.1. The van der Waals surface area contributed by atoms with E-state index in [1.807, 2.05) is 13.0 Å². The molecule has 47 heavy (non-hydrogen) atoms. The van der Waals surface area contributed by atoms with Crippen molar-refractivity contribution in [2.24, 2.45) is 5.92 Å². The standard InChI is InChI=1S/C38H65NO8/c1-3-4-5-6-7-8-9-10-12-16-21-29(2)36(44)37(45)31(28-46-38-33(42)26-32(41)34(27-40)47-38)39-35(43)25-20-14-11-13-17-22-30-23-18-15-19-24-30/h15,18-19,23-24,26,29,31,33-34,36-38,40-42,44-45H,3-14,16-17,20-22,25,27-28H2,1-2H3,(H,39,43)/t29?,31-,33?,34?,36+,37-,38?/m0/s1. The topological polar surface area (TPSA) is 149 Å². The number of hydrogen-bond donors (Lipinski definition) is 6. The second-order valence-corrected chi connectivity index (χ2v) is 13.4. The van der Waals surface area contributed by atoms with Crippen molar-refractivity contribution in [3.05, 3.63) is 47.7 Å². The van der Waals surface area contributed by atoms with Gasteiger partial charge in [-0.3, -0.25) is 4.79 Å². The molecule has 0 fully saturated rings. The van der Waals surface area contributed by atoms with Crippen molar-refractivity contribution >= 4 is 5.91 Å². The largest absolute Gasteiger partial charge is 0.510 e. The number of aliphatic hydroxyl groups is 5. The Morgan fingerprint density at radius 2 is 1.47 bits per heavy atom. The van der Waals surface area contributed by atoms with E-state index in [1.165, 1.54) is 56.9 Å². The first kappa shape index (κ1) is 41.2. The van der Waals surface area contributed by atoms with Crippen LogP contribution in [0.25, 0.3) is 0 Å². The molecule has 9 heteroatoms. The Morgan fingerprint density at radius 3 is 2.11 bits per heavy atom. The normalized spacial score (nSPS) is 20.7. The number of carbonyl (C=O) groups is 1. The lowest BCUT2D eigenvalue weighted by Crippen LogP contribution is -2.54. The SMILES string of the molecule is CCCCCCCCCCCCC(C)[C@@H](O)[C@@H](O)[C@H](COC1OC(CO)C(O)=CC1O)NC(=O)CCCCCCCc1ccccc1. The highest BCUT2D eigenvalue weighted by molar-refractivity contribution is 5.76. The van der Waals surface area contributed by atoms with Gasteiger partial charge >= 0.3 is 0 Å². The van der Waals surface area contributed by atoms with Gasteiger partial charge in [0.1, 0.15) is 24.1 Å². The van der Waals surface area contributed by atoms with Crippen LogP contribution in [-0.4, -0.2) is 81.4 Å². The summed E-state index contributed by atoms with van der Waals surface area (Å²) in [6.45, 7) is 3.41. The van der Waals surface area contributed by atoms with Gasteiger partial charge in [-0.1, -0.05) is 128 Å². The second-order valence-electron chi connectivity index (χ2n) is 13.4. The molecule has 0 saturated carbocycles. The molecule has 1 aromatic carbocycles. The third-order valence-electron chi connectivity index (χ3n) is 9.27. The van der Waals surface area contributed by atoms with Crippen LogP contribution in [0.3, 0.4) is 0 Å². The number of rotatable bonds is 27. The zero-order chi connectivity index (χ0) is 34.3. The van der Waals surface area contributed by atoms with Crippen LogP contribution in [0.5, 0.6) is 0 Å². The summed E-state index contributed by atoms with van der Waals surface area (Å²) < 4.78 is 11.2. The van der Waals surface area contributed by atoms with Crippen LogP contribution in [0.4, 0.5) is 0 Å². The molecule has 2 rings (SSSR count). The molecule has 270 valence electrons. The number of benzene rings is 1. The molecule has 1 aliphatic rings. The van der Waals surface area contributed by atoms with Crippen molar-refractivity contribution in [3.63, 3.8) is 0 Å². The van der Waals surface area contributed by atoms with Gasteiger partial charge in [-0.15, -0.1) is 0 Å². The first-order chi connectivity index (χ1) is 22.8. The summed E-state index contributed by atoms with van der Waals surface area (Å²) >= 11 is 0. The van der Waals surface area contributed by atoms with E-state index >= 15 is 0 Å². The van der Waals surface area contributed by atoms with Gasteiger partial charge in [0.15, 0.2) is 6.29 Å². The van der Waals surface area contributed by atoms with Crippen LogP contribution in [0, 0.1) is 5.92 Å². The van der Waals surface area contributed by atoms with Gasteiger partial charge in [0.2, 0.25) is 5.91 Å². The van der Waals surface area contributed by atoms with Crippen LogP contribution in [-0.2, 0) is 20.7 Å². The summed E-state index contributed by atoms with van der Waals surface area (Å²) in [5.74, 6) is -0.724. The minimum absolute atomic E-state index is 0.190. The van der Waals surface area contributed by atoms with Crippen LogP contribution < -0.4 is 5.32 Å². The fraction of sp³-hybridized carbons (Fsp3) is 0.763. The maximum atomic E-state index is 12.9. The summed E-state index contributed by atoms with van der Waals surface area (Å²) in [7, 11) is 0. The molecule has 0 aromatic heterocycles. The lowest BCUT2D eigenvalue weighted by molar-refractivity contribution is -0.224. The minimum Gasteiger partial charge on any atom is -0.510 e. The van der Waals surface area contributed by atoms with Crippen LogP contribution >= 0.6 is 0 Å². The number of unbranched alkanes of at least 4 members (excludes halogenated alkanes) is 13. The van der Waals surface area contributed by atoms with Crippen molar-refractivity contribution in [2.75, 3.05) is 13.2 Å². The first-order valence-corrected chi connectivity index (χ1v) is 18.4. The van der Waals surface area contributed by atoms with Crippen molar-refractivity contribution in [1.82, 2.24) is 5.32 Å². The smallest absolute Gasteiger partial charge is 0.220 e. The van der Waals surface area contributed by atoms with Gasteiger partial charge in [0.05, 0.1) is 25.4 Å². The number of hydrogen-bond acceptors (Lipinski definition) is 8. The zero-order valence-corrected chi connectivity index (χ0v) is 29.1. The Kier molecular flexibility index (Phi) is 21.9. The predicted molar refractivity (Wildman–Crippen MR) is 186 cm³/mol. The Bertz CT molecular complexity index is 960. The molecule has 0 spiro atoms. The van der Waals surface area contributed by atoms with E-state index in [0.717, 1.165) is 57.4 Å². The Balaban J connectivity index is 1.81. The number of ether oxygens (including phenoxy) is 2. The van der Waals surface area contributed by atoms with E-state index < -0.39 is 43.4 Å². The molecule has 1 aliphatic heterocycles. The second kappa shape index (κ2) is 25.0.